The maximum Gasteiger partial charge on any atom is 3.00 e. The number of hydrogen-bond acceptors (Lipinski definition) is 7. The van der Waals surface area contributed by atoms with Crippen molar-refractivity contribution >= 4 is 129 Å². The molecule has 1 aliphatic rings. The summed E-state index contributed by atoms with van der Waals surface area (Å²) in [7, 11) is 0. The Morgan fingerprint density at radius 3 is 1.31 bits per heavy atom. The van der Waals surface area contributed by atoms with Crippen LogP contribution in [0.1, 0.15) is 11.1 Å². The van der Waals surface area contributed by atoms with Crippen LogP contribution in [0.25, 0.3) is 0 Å². The number of hydrogen-bond donors (Lipinski definition) is 0. The third kappa shape index (κ3) is 19.9. The van der Waals surface area contributed by atoms with Crippen molar-refractivity contribution in [3.8, 4) is 0 Å². The predicted octanol–water partition coefficient (Wildman–Crippen LogP) is 1.98. The molecule has 2 rings (SSSR count). The number of aliphatic imine (C=N–C) groups is 1. The number of aliphatic carboxylic acids is 3. The van der Waals surface area contributed by atoms with Gasteiger partial charge in [0.1, 0.15) is 0 Å². The molecule has 179 valence electrons. The van der Waals surface area contributed by atoms with Gasteiger partial charge in [0.2, 0.25) is 11.4 Å². The van der Waals surface area contributed by atoms with Gasteiger partial charge in [0.05, 0.1) is 17.9 Å². The second-order valence-corrected chi connectivity index (χ2v) is 11.7. The van der Waals surface area contributed by atoms with Crippen molar-refractivity contribution < 1.29 is 47.1 Å². The zero-order valence-corrected chi connectivity index (χ0v) is 23.1. The van der Waals surface area contributed by atoms with E-state index in [2.05, 4.69) is 29.3 Å². The molecule has 0 amide bonds. The van der Waals surface area contributed by atoms with E-state index in [9.17, 15) is 29.7 Å². The van der Waals surface area contributed by atoms with Gasteiger partial charge in [-0.05, 0) is 17.5 Å². The van der Waals surface area contributed by atoms with Crippen LogP contribution in [-0.2, 0) is 38.2 Å². The molecule has 0 unspecified atom stereocenters. The molecule has 0 saturated heterocycles. The second kappa shape index (κ2) is 17.0. The molecule has 17 heteroatoms. The van der Waals surface area contributed by atoms with E-state index in [1.807, 2.05) is 6.21 Å². The maximum atomic E-state index is 9.51. The van der Waals surface area contributed by atoms with E-state index in [0.717, 1.165) is 13.0 Å². The standard InChI is InChI=1S/C9H9N.3C2HCl3O2.Cr/c1-2-4-9-7-10-6-5-8(9)3-1;3*3-2(4,5)1(6)7;/h1-4,7H,5-6H2;3*(H,6,7);/q;;;;+3/p-3. The molecular formula is C15H9Cl9CrNO6. The van der Waals surface area contributed by atoms with Crippen LogP contribution in [0.15, 0.2) is 29.3 Å². The molecular weight excluding hydrogens is 661 g/mol. The van der Waals surface area contributed by atoms with E-state index in [4.69, 9.17) is 104 Å². The minimum Gasteiger partial charge on any atom is -0.545 e. The first kappa shape index (κ1) is 37.0. The third-order valence-corrected chi connectivity index (χ3v) is 3.88. The monoisotopic (exact) mass is 666 g/mol. The van der Waals surface area contributed by atoms with Crippen LogP contribution in [-0.4, -0.2) is 42.0 Å². The molecule has 0 fully saturated rings. The minimum atomic E-state index is -2.28. The molecule has 0 atom stereocenters. The van der Waals surface area contributed by atoms with Crippen LogP contribution in [0.2, 0.25) is 0 Å². The Hall–Kier alpha value is 0.442. The van der Waals surface area contributed by atoms with Crippen molar-refractivity contribution in [1.82, 2.24) is 0 Å². The number of fused-ring (bicyclic) bond motifs is 1. The van der Waals surface area contributed by atoms with E-state index < -0.39 is 29.3 Å². The summed E-state index contributed by atoms with van der Waals surface area (Å²) < 4.78 is -6.83. The van der Waals surface area contributed by atoms with E-state index in [1.165, 1.54) is 11.1 Å². The van der Waals surface area contributed by atoms with Gasteiger partial charge in [0.25, 0.3) is 0 Å². The largest absolute Gasteiger partial charge is 3.00 e. The summed E-state index contributed by atoms with van der Waals surface area (Å²) in [5.74, 6) is -5.13. The number of rotatable bonds is 0. The van der Waals surface area contributed by atoms with Gasteiger partial charge in [0, 0.05) is 12.8 Å². The topological polar surface area (TPSA) is 133 Å². The predicted molar refractivity (Wildman–Crippen MR) is 118 cm³/mol. The molecule has 0 spiro atoms. The van der Waals surface area contributed by atoms with Crippen molar-refractivity contribution in [3.63, 3.8) is 0 Å². The normalized spacial score (nSPS) is 12.0. The number of nitrogens with zero attached hydrogens (tertiary/aromatic N) is 1. The maximum absolute atomic E-state index is 9.51. The van der Waals surface area contributed by atoms with E-state index in [-0.39, 0.29) is 17.4 Å². The van der Waals surface area contributed by atoms with E-state index in [1.54, 1.807) is 0 Å². The third-order valence-electron chi connectivity index (χ3n) is 2.49. The molecule has 7 nitrogen and oxygen atoms in total. The Morgan fingerprint density at radius 2 is 1.03 bits per heavy atom. The first-order valence-corrected chi connectivity index (χ1v) is 10.6. The Kier molecular flexibility index (Phi) is 19.6. The van der Waals surface area contributed by atoms with Gasteiger partial charge < -0.3 is 29.7 Å². The Labute approximate surface area is 238 Å². The van der Waals surface area contributed by atoms with Gasteiger partial charge in [-0.15, -0.1) is 0 Å². The number of halogens is 9. The summed E-state index contributed by atoms with van der Waals surface area (Å²) >= 11 is 42.6. The fourth-order valence-electron chi connectivity index (χ4n) is 1.24. The number of carboxylic acids is 3. The SMILES string of the molecule is C1=NCCc2ccccc21.O=C([O-])C(Cl)(Cl)Cl.O=C([O-])C(Cl)(Cl)Cl.O=C([O-])C(Cl)(Cl)Cl.[Cr+3]. The zero-order chi connectivity index (χ0) is 25.0. The average Bonchev–Trinajstić information content (AvgIpc) is 2.61. The van der Waals surface area contributed by atoms with Crippen molar-refractivity contribution in [2.24, 2.45) is 4.99 Å². The zero-order valence-electron chi connectivity index (χ0n) is 15.0. The van der Waals surface area contributed by atoms with Crippen molar-refractivity contribution in [1.29, 1.82) is 0 Å². The van der Waals surface area contributed by atoms with E-state index >= 15 is 0 Å². The van der Waals surface area contributed by atoms with Crippen LogP contribution < -0.4 is 15.3 Å². The summed E-state index contributed by atoms with van der Waals surface area (Å²) in [5, 5.41) is 28.5. The smallest absolute Gasteiger partial charge is 0.545 e. The number of carbonyl (C=O) groups excluding carboxylic acids is 3. The van der Waals surface area contributed by atoms with Crippen LogP contribution >= 0.6 is 104 Å². The molecule has 1 radical (unpaired) electrons. The Bertz CT molecular complexity index is 719. The number of benzene rings is 1. The number of carboxylic acid groups (broad SMARTS) is 3. The van der Waals surface area contributed by atoms with Gasteiger partial charge in [-0.1, -0.05) is 129 Å². The molecule has 0 saturated carbocycles. The van der Waals surface area contributed by atoms with Gasteiger partial charge in [-0.25, -0.2) is 0 Å². The van der Waals surface area contributed by atoms with Gasteiger partial charge >= 0.3 is 17.4 Å². The van der Waals surface area contributed by atoms with Crippen molar-refractivity contribution in [3.05, 3.63) is 35.4 Å². The summed E-state index contributed by atoms with van der Waals surface area (Å²) in [4.78, 5) is 32.7. The van der Waals surface area contributed by atoms with Crippen LogP contribution in [0.5, 0.6) is 0 Å². The summed E-state index contributed by atoms with van der Waals surface area (Å²) in [6, 6.07) is 8.41. The van der Waals surface area contributed by atoms with Crippen LogP contribution in [0, 0.1) is 0 Å². The van der Waals surface area contributed by atoms with Gasteiger partial charge in [-0.3, -0.25) is 4.99 Å². The quantitative estimate of drug-likeness (QED) is 0.388. The summed E-state index contributed by atoms with van der Waals surface area (Å²) in [6.07, 6.45) is 3.06. The molecule has 0 aromatic heterocycles. The van der Waals surface area contributed by atoms with Gasteiger partial charge in [-0.2, -0.15) is 0 Å². The van der Waals surface area contributed by atoms with Crippen LogP contribution in [0.4, 0.5) is 0 Å². The molecule has 0 aliphatic carbocycles. The molecule has 0 N–H and O–H groups in total. The fourth-order valence-corrected chi connectivity index (χ4v) is 1.24. The summed E-state index contributed by atoms with van der Waals surface area (Å²) in [6.45, 7) is 0.955. The first-order valence-electron chi connectivity index (χ1n) is 7.22. The van der Waals surface area contributed by atoms with E-state index in [0.29, 0.717) is 0 Å². The fraction of sp³-hybridized carbons (Fsp3) is 0.333. The van der Waals surface area contributed by atoms with Crippen LogP contribution in [0.3, 0.4) is 0 Å². The molecule has 1 aromatic rings. The van der Waals surface area contributed by atoms with Crippen molar-refractivity contribution in [2.75, 3.05) is 6.54 Å². The van der Waals surface area contributed by atoms with Crippen molar-refractivity contribution in [2.45, 2.75) is 17.8 Å². The molecule has 1 aromatic carbocycles. The Balaban J connectivity index is -0.000000354. The minimum absolute atomic E-state index is 0. The first-order chi connectivity index (χ1) is 13.8. The molecule has 1 aliphatic heterocycles. The van der Waals surface area contributed by atoms with Gasteiger partial charge in [0.15, 0.2) is 0 Å². The molecule has 0 bridgehead atoms. The molecule has 1 heterocycles. The average molecular weight is 670 g/mol. The molecule has 32 heavy (non-hydrogen) atoms. The summed E-state index contributed by atoms with van der Waals surface area (Å²) in [5.41, 5.74) is 2.71. The number of carbonyl (C=O) groups is 3. The number of alkyl halides is 9. The second-order valence-electron chi connectivity index (χ2n) is 4.84. The Morgan fingerprint density at radius 1 is 0.719 bits per heavy atom.